The fourth-order valence-electron chi connectivity index (χ4n) is 3.76. The molecule has 1 aliphatic heterocycles. The van der Waals surface area contributed by atoms with Crippen molar-refractivity contribution < 1.29 is 14.3 Å². The molecule has 0 spiro atoms. The van der Waals surface area contributed by atoms with E-state index in [-0.39, 0.29) is 17.2 Å². The number of halogens is 1. The molecule has 146 valence electrons. The van der Waals surface area contributed by atoms with Crippen LogP contribution in [0.2, 0.25) is 5.02 Å². The zero-order valence-corrected chi connectivity index (χ0v) is 16.4. The van der Waals surface area contributed by atoms with Crippen molar-refractivity contribution in [2.24, 2.45) is 5.73 Å². The molecule has 6 heteroatoms. The van der Waals surface area contributed by atoms with E-state index in [1.807, 2.05) is 36.4 Å². The van der Waals surface area contributed by atoms with Gasteiger partial charge in [0.15, 0.2) is 5.78 Å². The number of hydrogen-bond acceptors (Lipinski definition) is 5. The summed E-state index contributed by atoms with van der Waals surface area (Å²) in [5, 5.41) is 10.4. The van der Waals surface area contributed by atoms with E-state index in [1.54, 1.807) is 12.1 Å². The van der Waals surface area contributed by atoms with E-state index in [9.17, 15) is 10.1 Å². The van der Waals surface area contributed by atoms with Crippen LogP contribution < -0.4 is 10.5 Å². The quantitative estimate of drug-likeness (QED) is 0.792. The van der Waals surface area contributed by atoms with Gasteiger partial charge in [-0.1, -0.05) is 41.9 Å². The first kappa shape index (κ1) is 19.1. The molecule has 0 radical (unpaired) electrons. The molecule has 4 rings (SSSR count). The molecule has 2 aliphatic rings. The summed E-state index contributed by atoms with van der Waals surface area (Å²) in [6.45, 7) is 0.332. The van der Waals surface area contributed by atoms with E-state index in [4.69, 9.17) is 26.8 Å². The largest absolute Gasteiger partial charge is 0.489 e. The summed E-state index contributed by atoms with van der Waals surface area (Å²) in [7, 11) is 0. The SMILES string of the molecule is N#CC1=C(N)OC2=C(C(=O)CCC2)[C@@H]1c1ccccc1OCc1ccc(Cl)cc1. The van der Waals surface area contributed by atoms with Crippen LogP contribution >= 0.6 is 11.6 Å². The summed E-state index contributed by atoms with van der Waals surface area (Å²) in [5.74, 6) is 0.621. The average molecular weight is 407 g/mol. The van der Waals surface area contributed by atoms with Crippen molar-refractivity contribution in [3.63, 3.8) is 0 Å². The number of hydrogen-bond donors (Lipinski definition) is 1. The molecule has 2 aromatic carbocycles. The number of Topliss-reactive ketones (excluding diaryl/α,β-unsaturated/α-hetero) is 1. The van der Waals surface area contributed by atoms with Gasteiger partial charge in [0.1, 0.15) is 29.8 Å². The molecule has 0 saturated heterocycles. The first-order valence-electron chi connectivity index (χ1n) is 9.38. The Labute approximate surface area is 174 Å². The normalized spacial score (nSPS) is 18.8. The molecule has 0 amide bonds. The lowest BCUT2D eigenvalue weighted by Crippen LogP contribution is -2.27. The minimum atomic E-state index is -0.585. The first-order valence-corrected chi connectivity index (χ1v) is 9.76. The second-order valence-corrected chi connectivity index (χ2v) is 7.43. The minimum absolute atomic E-state index is 0.0102. The third-order valence-electron chi connectivity index (χ3n) is 5.14. The Balaban J connectivity index is 1.73. The highest BCUT2D eigenvalue weighted by Gasteiger charge is 2.39. The monoisotopic (exact) mass is 406 g/mol. The molecule has 1 heterocycles. The standard InChI is InChI=1S/C23H19ClN2O3/c24-15-10-8-14(9-11-15)13-28-19-6-2-1-4-16(19)21-17(12-25)23(26)29-20-7-3-5-18(27)22(20)21/h1-2,4,6,8-11,21H,3,5,7,13,26H2/t21-/m1/s1. The van der Waals surface area contributed by atoms with Crippen molar-refractivity contribution in [3.05, 3.63) is 87.5 Å². The lowest BCUT2D eigenvalue weighted by Gasteiger charge is -2.31. The number of allylic oxidation sites excluding steroid dienone is 3. The summed E-state index contributed by atoms with van der Waals surface area (Å²) in [6.07, 6.45) is 1.78. The van der Waals surface area contributed by atoms with Crippen LogP contribution in [0.25, 0.3) is 0 Å². The predicted octanol–water partition coefficient (Wildman–Crippen LogP) is 4.73. The molecule has 2 aromatic rings. The Morgan fingerprint density at radius 1 is 1.17 bits per heavy atom. The minimum Gasteiger partial charge on any atom is -0.489 e. The van der Waals surface area contributed by atoms with Crippen LogP contribution in [-0.2, 0) is 16.1 Å². The van der Waals surface area contributed by atoms with Crippen LogP contribution in [0.5, 0.6) is 5.75 Å². The Kier molecular flexibility index (Phi) is 5.28. The van der Waals surface area contributed by atoms with Gasteiger partial charge in [0.2, 0.25) is 5.88 Å². The number of carbonyl (C=O) groups is 1. The van der Waals surface area contributed by atoms with Gasteiger partial charge in [-0.15, -0.1) is 0 Å². The molecule has 0 fully saturated rings. The van der Waals surface area contributed by atoms with Gasteiger partial charge in [-0.2, -0.15) is 5.26 Å². The van der Waals surface area contributed by atoms with Crippen molar-refractivity contribution in [2.45, 2.75) is 31.8 Å². The number of carbonyl (C=O) groups excluding carboxylic acids is 1. The number of ether oxygens (including phenoxy) is 2. The van der Waals surface area contributed by atoms with Crippen LogP contribution in [0.1, 0.15) is 36.3 Å². The van der Waals surface area contributed by atoms with Crippen LogP contribution in [0, 0.1) is 11.3 Å². The lowest BCUT2D eigenvalue weighted by molar-refractivity contribution is -0.116. The van der Waals surface area contributed by atoms with Gasteiger partial charge in [-0.25, -0.2) is 0 Å². The number of ketones is 1. The predicted molar refractivity (Wildman–Crippen MR) is 109 cm³/mol. The number of nitrogens with zero attached hydrogens (tertiary/aromatic N) is 1. The molecule has 0 saturated carbocycles. The molecule has 0 unspecified atom stereocenters. The van der Waals surface area contributed by atoms with Crippen molar-refractivity contribution in [3.8, 4) is 11.8 Å². The zero-order chi connectivity index (χ0) is 20.4. The van der Waals surface area contributed by atoms with Gasteiger partial charge in [0, 0.05) is 29.0 Å². The third kappa shape index (κ3) is 3.72. The lowest BCUT2D eigenvalue weighted by atomic mass is 9.77. The van der Waals surface area contributed by atoms with Crippen LogP contribution in [0.3, 0.4) is 0 Å². The molecule has 0 aromatic heterocycles. The van der Waals surface area contributed by atoms with E-state index in [1.165, 1.54) is 0 Å². The maximum atomic E-state index is 12.7. The Bertz CT molecular complexity index is 1060. The molecule has 0 bridgehead atoms. The van der Waals surface area contributed by atoms with E-state index < -0.39 is 5.92 Å². The van der Waals surface area contributed by atoms with Gasteiger partial charge in [-0.05, 0) is 30.2 Å². The van der Waals surface area contributed by atoms with Gasteiger partial charge < -0.3 is 15.2 Å². The molecular weight excluding hydrogens is 388 g/mol. The first-order chi connectivity index (χ1) is 14.1. The third-order valence-corrected chi connectivity index (χ3v) is 5.39. The maximum absolute atomic E-state index is 12.7. The molecule has 5 nitrogen and oxygen atoms in total. The fraction of sp³-hybridized carbons (Fsp3) is 0.217. The molecular formula is C23H19ClN2O3. The topological polar surface area (TPSA) is 85.3 Å². The Hall–Kier alpha value is -3.23. The summed E-state index contributed by atoms with van der Waals surface area (Å²) >= 11 is 5.94. The van der Waals surface area contributed by atoms with E-state index >= 15 is 0 Å². The van der Waals surface area contributed by atoms with Crippen molar-refractivity contribution >= 4 is 17.4 Å². The van der Waals surface area contributed by atoms with Crippen molar-refractivity contribution in [1.82, 2.24) is 0 Å². The van der Waals surface area contributed by atoms with Crippen LogP contribution in [0.4, 0.5) is 0 Å². The van der Waals surface area contributed by atoms with Crippen LogP contribution in [-0.4, -0.2) is 5.78 Å². The number of rotatable bonds is 4. The number of benzene rings is 2. The van der Waals surface area contributed by atoms with Gasteiger partial charge in [0.25, 0.3) is 0 Å². The Morgan fingerprint density at radius 2 is 1.93 bits per heavy atom. The van der Waals surface area contributed by atoms with Crippen molar-refractivity contribution in [1.29, 1.82) is 5.26 Å². The summed E-state index contributed by atoms with van der Waals surface area (Å²) in [6, 6.07) is 16.9. The maximum Gasteiger partial charge on any atom is 0.205 e. The van der Waals surface area contributed by atoms with Gasteiger partial charge in [-0.3, -0.25) is 4.79 Å². The summed E-state index contributed by atoms with van der Waals surface area (Å²) < 4.78 is 11.7. The average Bonchev–Trinajstić information content (AvgIpc) is 2.73. The van der Waals surface area contributed by atoms with E-state index in [0.717, 1.165) is 11.1 Å². The highest BCUT2D eigenvalue weighted by Crippen LogP contribution is 2.45. The van der Waals surface area contributed by atoms with E-state index in [2.05, 4.69) is 6.07 Å². The molecule has 1 aliphatic carbocycles. The number of nitriles is 1. The highest BCUT2D eigenvalue weighted by atomic mass is 35.5. The summed E-state index contributed by atoms with van der Waals surface area (Å²) in [5.41, 5.74) is 8.48. The molecule has 2 N–H and O–H groups in total. The van der Waals surface area contributed by atoms with Gasteiger partial charge >= 0.3 is 0 Å². The molecule has 1 atom stereocenters. The number of nitrogens with two attached hydrogens (primary N) is 1. The van der Waals surface area contributed by atoms with Crippen molar-refractivity contribution in [2.75, 3.05) is 0 Å². The second kappa shape index (κ2) is 8.02. The highest BCUT2D eigenvalue weighted by molar-refractivity contribution is 6.30. The Morgan fingerprint density at radius 3 is 2.69 bits per heavy atom. The zero-order valence-electron chi connectivity index (χ0n) is 15.7. The van der Waals surface area contributed by atoms with Crippen LogP contribution in [0.15, 0.2) is 71.3 Å². The molecule has 29 heavy (non-hydrogen) atoms. The second-order valence-electron chi connectivity index (χ2n) is 6.99. The van der Waals surface area contributed by atoms with Gasteiger partial charge in [0.05, 0.1) is 5.92 Å². The summed E-state index contributed by atoms with van der Waals surface area (Å²) in [4.78, 5) is 12.7. The fourth-order valence-corrected chi connectivity index (χ4v) is 3.89. The number of para-hydroxylation sites is 1. The smallest absolute Gasteiger partial charge is 0.205 e. The van der Waals surface area contributed by atoms with E-state index in [0.29, 0.717) is 48.0 Å².